The molecule has 0 amide bonds. The SMILES string of the molecule is CC(C)CC(C)(C(=O)O)N1CCCCCCC1. The molecule has 0 aromatic rings. The molecule has 0 radical (unpaired) electrons. The van der Waals surface area contributed by atoms with E-state index in [1.54, 1.807) is 0 Å². The molecule has 1 rings (SSSR count). The number of likely N-dealkylation sites (tertiary alicyclic amines) is 1. The summed E-state index contributed by atoms with van der Waals surface area (Å²) >= 11 is 0. The van der Waals surface area contributed by atoms with Gasteiger partial charge in [-0.3, -0.25) is 9.69 Å². The minimum atomic E-state index is -0.675. The first-order valence-electron chi connectivity index (χ1n) is 6.95. The van der Waals surface area contributed by atoms with Gasteiger partial charge in [-0.1, -0.05) is 33.1 Å². The molecular formula is C14H27NO2. The van der Waals surface area contributed by atoms with Gasteiger partial charge in [0.05, 0.1) is 0 Å². The summed E-state index contributed by atoms with van der Waals surface area (Å²) in [6, 6.07) is 0. The van der Waals surface area contributed by atoms with Crippen LogP contribution >= 0.6 is 0 Å². The molecule has 1 N–H and O–H groups in total. The second kappa shape index (κ2) is 6.39. The molecule has 0 saturated carbocycles. The Morgan fingerprint density at radius 1 is 1.18 bits per heavy atom. The molecule has 0 bridgehead atoms. The van der Waals surface area contributed by atoms with Crippen LogP contribution in [0.25, 0.3) is 0 Å². The molecule has 0 aliphatic carbocycles. The Balaban J connectivity index is 2.75. The van der Waals surface area contributed by atoms with Gasteiger partial charge in [0, 0.05) is 0 Å². The van der Waals surface area contributed by atoms with Crippen LogP contribution in [0.15, 0.2) is 0 Å². The highest BCUT2D eigenvalue weighted by molar-refractivity contribution is 5.78. The Labute approximate surface area is 105 Å². The van der Waals surface area contributed by atoms with Crippen molar-refractivity contribution >= 4 is 5.97 Å². The molecule has 1 atom stereocenters. The van der Waals surface area contributed by atoms with Gasteiger partial charge < -0.3 is 5.11 Å². The van der Waals surface area contributed by atoms with Gasteiger partial charge in [-0.25, -0.2) is 0 Å². The number of hydrogen-bond donors (Lipinski definition) is 1. The maximum Gasteiger partial charge on any atom is 0.323 e. The van der Waals surface area contributed by atoms with Crippen molar-refractivity contribution in [3.05, 3.63) is 0 Å². The van der Waals surface area contributed by atoms with Crippen molar-refractivity contribution in [2.45, 2.75) is 64.8 Å². The van der Waals surface area contributed by atoms with E-state index < -0.39 is 11.5 Å². The minimum absolute atomic E-state index is 0.418. The topological polar surface area (TPSA) is 40.5 Å². The van der Waals surface area contributed by atoms with Crippen LogP contribution in [-0.2, 0) is 4.79 Å². The third-order valence-electron chi connectivity index (χ3n) is 3.82. The molecule has 1 heterocycles. The van der Waals surface area contributed by atoms with E-state index in [0.29, 0.717) is 5.92 Å². The highest BCUT2D eigenvalue weighted by Gasteiger charge is 2.39. The smallest absolute Gasteiger partial charge is 0.323 e. The van der Waals surface area contributed by atoms with Crippen molar-refractivity contribution in [2.75, 3.05) is 13.1 Å². The zero-order valence-electron chi connectivity index (χ0n) is 11.5. The van der Waals surface area contributed by atoms with E-state index >= 15 is 0 Å². The Kier molecular flexibility index (Phi) is 5.44. The number of carbonyl (C=O) groups is 1. The van der Waals surface area contributed by atoms with Crippen LogP contribution < -0.4 is 0 Å². The fourth-order valence-electron chi connectivity index (χ4n) is 2.89. The molecule has 0 aromatic carbocycles. The second-order valence-electron chi connectivity index (χ2n) is 5.93. The zero-order valence-corrected chi connectivity index (χ0v) is 11.5. The summed E-state index contributed by atoms with van der Waals surface area (Å²) in [6.07, 6.45) is 6.81. The van der Waals surface area contributed by atoms with Gasteiger partial charge in [-0.2, -0.15) is 0 Å². The summed E-state index contributed by atoms with van der Waals surface area (Å²) in [5.74, 6) is -0.242. The quantitative estimate of drug-likeness (QED) is 0.822. The fourth-order valence-corrected chi connectivity index (χ4v) is 2.89. The van der Waals surface area contributed by atoms with Crippen molar-refractivity contribution in [1.29, 1.82) is 0 Å². The highest BCUT2D eigenvalue weighted by Crippen LogP contribution is 2.27. The van der Waals surface area contributed by atoms with Crippen molar-refractivity contribution < 1.29 is 9.90 Å². The molecule has 1 unspecified atom stereocenters. The maximum atomic E-state index is 11.6. The van der Waals surface area contributed by atoms with Crippen molar-refractivity contribution in [3.8, 4) is 0 Å². The second-order valence-corrected chi connectivity index (χ2v) is 5.93. The van der Waals surface area contributed by atoms with Crippen molar-refractivity contribution in [3.63, 3.8) is 0 Å². The summed E-state index contributed by atoms with van der Waals surface area (Å²) in [5, 5.41) is 9.55. The van der Waals surface area contributed by atoms with Gasteiger partial charge in [0.1, 0.15) is 5.54 Å². The first-order valence-corrected chi connectivity index (χ1v) is 6.95. The maximum absolute atomic E-state index is 11.6. The minimum Gasteiger partial charge on any atom is -0.480 e. The molecule has 1 aliphatic heterocycles. The van der Waals surface area contributed by atoms with Crippen LogP contribution in [0.4, 0.5) is 0 Å². The van der Waals surface area contributed by atoms with E-state index in [1.807, 2.05) is 6.92 Å². The summed E-state index contributed by atoms with van der Waals surface area (Å²) in [7, 11) is 0. The third kappa shape index (κ3) is 3.98. The summed E-state index contributed by atoms with van der Waals surface area (Å²) in [6.45, 7) is 7.98. The number of carboxylic acid groups (broad SMARTS) is 1. The van der Waals surface area contributed by atoms with Gasteiger partial charge >= 0.3 is 5.97 Å². The summed E-state index contributed by atoms with van der Waals surface area (Å²) < 4.78 is 0. The predicted octanol–water partition coefficient (Wildman–Crippen LogP) is 3.14. The largest absolute Gasteiger partial charge is 0.480 e. The van der Waals surface area contributed by atoms with Crippen molar-refractivity contribution in [1.82, 2.24) is 4.90 Å². The molecule has 1 aliphatic rings. The molecule has 17 heavy (non-hydrogen) atoms. The third-order valence-corrected chi connectivity index (χ3v) is 3.82. The lowest BCUT2D eigenvalue weighted by Gasteiger charge is -2.40. The van der Waals surface area contributed by atoms with E-state index in [9.17, 15) is 9.90 Å². The van der Waals surface area contributed by atoms with E-state index in [-0.39, 0.29) is 0 Å². The van der Waals surface area contributed by atoms with Gasteiger partial charge in [0.2, 0.25) is 0 Å². The monoisotopic (exact) mass is 241 g/mol. The molecule has 1 fully saturated rings. The Bertz CT molecular complexity index is 245. The Hall–Kier alpha value is -0.570. The molecule has 0 spiro atoms. The predicted molar refractivity (Wildman–Crippen MR) is 70.2 cm³/mol. The van der Waals surface area contributed by atoms with E-state index in [1.165, 1.54) is 19.3 Å². The number of aliphatic carboxylic acids is 1. The average Bonchev–Trinajstić information content (AvgIpc) is 2.14. The Morgan fingerprint density at radius 2 is 1.65 bits per heavy atom. The summed E-state index contributed by atoms with van der Waals surface area (Å²) in [4.78, 5) is 13.8. The van der Waals surface area contributed by atoms with Crippen molar-refractivity contribution in [2.24, 2.45) is 5.92 Å². The lowest BCUT2D eigenvalue weighted by atomic mass is 9.88. The van der Waals surface area contributed by atoms with Gasteiger partial charge in [-0.05, 0) is 45.2 Å². The Morgan fingerprint density at radius 3 is 2.06 bits per heavy atom. The molecule has 3 heteroatoms. The van der Waals surface area contributed by atoms with Crippen LogP contribution in [-0.4, -0.2) is 34.6 Å². The van der Waals surface area contributed by atoms with Gasteiger partial charge in [0.25, 0.3) is 0 Å². The first-order chi connectivity index (χ1) is 7.97. The standard InChI is InChI=1S/C14H27NO2/c1-12(2)11-14(3,13(16)17)15-9-7-5-4-6-8-10-15/h12H,4-11H2,1-3H3,(H,16,17). The lowest BCUT2D eigenvalue weighted by molar-refractivity contribution is -0.152. The number of carboxylic acids is 1. The fraction of sp³-hybridized carbons (Fsp3) is 0.929. The van der Waals surface area contributed by atoms with Crippen LogP contribution in [0.5, 0.6) is 0 Å². The van der Waals surface area contributed by atoms with Crippen LogP contribution in [0, 0.1) is 5.92 Å². The average molecular weight is 241 g/mol. The summed E-state index contributed by atoms with van der Waals surface area (Å²) in [5.41, 5.74) is -0.675. The molecular weight excluding hydrogens is 214 g/mol. The number of rotatable bonds is 4. The highest BCUT2D eigenvalue weighted by atomic mass is 16.4. The van der Waals surface area contributed by atoms with Gasteiger partial charge in [0.15, 0.2) is 0 Å². The van der Waals surface area contributed by atoms with Crippen LogP contribution in [0.3, 0.4) is 0 Å². The normalized spacial score (nSPS) is 22.8. The molecule has 100 valence electrons. The van der Waals surface area contributed by atoms with E-state index in [4.69, 9.17) is 0 Å². The van der Waals surface area contributed by atoms with E-state index in [0.717, 1.165) is 32.4 Å². The molecule has 0 aromatic heterocycles. The molecule has 1 saturated heterocycles. The lowest BCUT2D eigenvalue weighted by Crippen LogP contribution is -2.54. The van der Waals surface area contributed by atoms with Crippen LogP contribution in [0.1, 0.15) is 59.3 Å². The van der Waals surface area contributed by atoms with Crippen LogP contribution in [0.2, 0.25) is 0 Å². The first kappa shape index (κ1) is 14.5. The van der Waals surface area contributed by atoms with Gasteiger partial charge in [-0.15, -0.1) is 0 Å². The number of hydrogen-bond acceptors (Lipinski definition) is 2. The van der Waals surface area contributed by atoms with E-state index in [2.05, 4.69) is 18.7 Å². The number of nitrogens with zero attached hydrogens (tertiary/aromatic N) is 1. The zero-order chi connectivity index (χ0) is 12.9. The molecule has 3 nitrogen and oxygen atoms in total.